The van der Waals surface area contributed by atoms with Crippen LogP contribution < -0.4 is 4.74 Å². The molecular formula is C24H19ClN2O2. The lowest BCUT2D eigenvalue weighted by Crippen LogP contribution is -2.12. The summed E-state index contributed by atoms with van der Waals surface area (Å²) in [5.41, 5.74) is 4.23. The molecule has 0 unspecified atom stereocenters. The Morgan fingerprint density at radius 3 is 2.45 bits per heavy atom. The van der Waals surface area contributed by atoms with Gasteiger partial charge in [-0.3, -0.25) is 4.79 Å². The maximum Gasteiger partial charge on any atom is 0.278 e. The summed E-state index contributed by atoms with van der Waals surface area (Å²) in [4.78, 5) is 12.7. The van der Waals surface area contributed by atoms with Crippen LogP contribution in [0.4, 0.5) is 0 Å². The number of halogens is 1. The third kappa shape index (κ3) is 4.39. The summed E-state index contributed by atoms with van der Waals surface area (Å²) in [6.45, 7) is 2.40. The van der Waals surface area contributed by atoms with Crippen molar-refractivity contribution in [3.8, 4) is 17.0 Å². The summed E-state index contributed by atoms with van der Waals surface area (Å²) in [5.74, 6) is 0.534. The standard InChI is InChI=1S/C24H19ClN2O2/c1-17-6-10-19(11-7-17)24(28)27-15-14-22(26-27)21-4-2-3-5-23(21)29-16-18-8-12-20(25)13-9-18/h2-15H,16H2,1H3. The quantitative estimate of drug-likeness (QED) is 0.425. The number of aryl methyl sites for hydroxylation is 1. The number of benzene rings is 3. The Kier molecular flexibility index (Phi) is 5.45. The van der Waals surface area contributed by atoms with Crippen LogP contribution in [0, 0.1) is 6.92 Å². The maximum absolute atomic E-state index is 12.7. The molecule has 0 saturated heterocycles. The average Bonchev–Trinajstić information content (AvgIpc) is 3.24. The van der Waals surface area contributed by atoms with Gasteiger partial charge in [-0.2, -0.15) is 5.10 Å². The van der Waals surface area contributed by atoms with Gasteiger partial charge in [-0.1, -0.05) is 53.6 Å². The van der Waals surface area contributed by atoms with E-state index >= 15 is 0 Å². The first-order valence-electron chi connectivity index (χ1n) is 9.24. The Balaban J connectivity index is 1.55. The number of rotatable bonds is 5. The fraction of sp³-hybridized carbons (Fsp3) is 0.0833. The minimum absolute atomic E-state index is 0.171. The summed E-state index contributed by atoms with van der Waals surface area (Å²) in [6, 6.07) is 24.5. The molecule has 4 aromatic rings. The molecular weight excluding hydrogens is 384 g/mol. The summed E-state index contributed by atoms with van der Waals surface area (Å²) < 4.78 is 7.36. The first kappa shape index (κ1) is 19.0. The van der Waals surface area contributed by atoms with Gasteiger partial charge in [0.1, 0.15) is 12.4 Å². The smallest absolute Gasteiger partial charge is 0.278 e. The van der Waals surface area contributed by atoms with Gasteiger partial charge in [-0.25, -0.2) is 4.68 Å². The van der Waals surface area contributed by atoms with E-state index in [1.54, 1.807) is 6.20 Å². The number of hydrogen-bond donors (Lipinski definition) is 0. The normalized spacial score (nSPS) is 10.7. The van der Waals surface area contributed by atoms with Crippen molar-refractivity contribution in [1.82, 2.24) is 9.78 Å². The van der Waals surface area contributed by atoms with Gasteiger partial charge in [0.05, 0.1) is 5.69 Å². The predicted octanol–water partition coefficient (Wildman–Crippen LogP) is 5.78. The molecule has 0 amide bonds. The Morgan fingerprint density at radius 2 is 1.69 bits per heavy atom. The van der Waals surface area contributed by atoms with E-state index in [4.69, 9.17) is 16.3 Å². The lowest BCUT2D eigenvalue weighted by atomic mass is 10.1. The molecule has 4 nitrogen and oxygen atoms in total. The predicted molar refractivity (Wildman–Crippen MR) is 114 cm³/mol. The van der Waals surface area contributed by atoms with E-state index in [0.29, 0.717) is 28.6 Å². The van der Waals surface area contributed by atoms with Crippen molar-refractivity contribution in [2.24, 2.45) is 0 Å². The van der Waals surface area contributed by atoms with Crippen molar-refractivity contribution in [3.05, 3.63) is 107 Å². The molecule has 0 bridgehead atoms. The van der Waals surface area contributed by atoms with Crippen molar-refractivity contribution in [2.45, 2.75) is 13.5 Å². The van der Waals surface area contributed by atoms with Crippen LogP contribution in [0.25, 0.3) is 11.3 Å². The van der Waals surface area contributed by atoms with Crippen molar-refractivity contribution in [3.63, 3.8) is 0 Å². The van der Waals surface area contributed by atoms with E-state index in [-0.39, 0.29) is 5.91 Å². The van der Waals surface area contributed by atoms with Crippen molar-refractivity contribution in [1.29, 1.82) is 0 Å². The SMILES string of the molecule is Cc1ccc(C(=O)n2ccc(-c3ccccc3OCc3ccc(Cl)cc3)n2)cc1. The van der Waals surface area contributed by atoms with Gasteiger partial charge in [0.15, 0.2) is 0 Å². The van der Waals surface area contributed by atoms with Crippen LogP contribution in [0.2, 0.25) is 5.02 Å². The molecule has 5 heteroatoms. The zero-order valence-corrected chi connectivity index (χ0v) is 16.6. The van der Waals surface area contributed by atoms with Crippen LogP contribution in [0.5, 0.6) is 5.75 Å². The molecule has 0 N–H and O–H groups in total. The molecule has 1 heterocycles. The highest BCUT2D eigenvalue weighted by Gasteiger charge is 2.13. The van der Waals surface area contributed by atoms with Gasteiger partial charge in [-0.15, -0.1) is 0 Å². The first-order chi connectivity index (χ1) is 14.1. The summed E-state index contributed by atoms with van der Waals surface area (Å²) in [7, 11) is 0. The van der Waals surface area contributed by atoms with Gasteiger partial charge < -0.3 is 4.74 Å². The van der Waals surface area contributed by atoms with E-state index in [1.165, 1.54) is 4.68 Å². The zero-order valence-electron chi connectivity index (χ0n) is 15.9. The summed E-state index contributed by atoms with van der Waals surface area (Å²) in [6.07, 6.45) is 1.67. The highest BCUT2D eigenvalue weighted by atomic mass is 35.5. The van der Waals surface area contributed by atoms with Crippen molar-refractivity contribution < 1.29 is 9.53 Å². The molecule has 0 radical (unpaired) electrons. The van der Waals surface area contributed by atoms with Gasteiger partial charge >= 0.3 is 0 Å². The average molecular weight is 403 g/mol. The van der Waals surface area contributed by atoms with E-state index in [0.717, 1.165) is 16.7 Å². The molecule has 3 aromatic carbocycles. The van der Waals surface area contributed by atoms with Crippen LogP contribution >= 0.6 is 11.6 Å². The van der Waals surface area contributed by atoms with Crippen LogP contribution in [0.15, 0.2) is 85.1 Å². The highest BCUT2D eigenvalue weighted by Crippen LogP contribution is 2.29. The molecule has 4 rings (SSSR count). The van der Waals surface area contributed by atoms with Crippen LogP contribution in [-0.2, 0) is 6.61 Å². The van der Waals surface area contributed by atoms with Crippen LogP contribution in [0.3, 0.4) is 0 Å². The monoisotopic (exact) mass is 402 g/mol. The Hall–Kier alpha value is -3.37. The zero-order chi connectivity index (χ0) is 20.2. The van der Waals surface area contributed by atoms with Crippen LogP contribution in [0.1, 0.15) is 21.5 Å². The minimum atomic E-state index is -0.171. The van der Waals surface area contributed by atoms with Crippen molar-refractivity contribution >= 4 is 17.5 Å². The maximum atomic E-state index is 12.7. The summed E-state index contributed by atoms with van der Waals surface area (Å²) in [5, 5.41) is 5.17. The Labute approximate surface area is 174 Å². The molecule has 144 valence electrons. The molecule has 0 atom stereocenters. The molecule has 0 aliphatic heterocycles. The van der Waals surface area contributed by atoms with Crippen molar-refractivity contribution in [2.75, 3.05) is 0 Å². The topological polar surface area (TPSA) is 44.1 Å². The molecule has 0 aliphatic carbocycles. The van der Waals surface area contributed by atoms with Gasteiger partial charge in [0, 0.05) is 22.3 Å². The number of nitrogens with zero attached hydrogens (tertiary/aromatic N) is 2. The number of hydrogen-bond acceptors (Lipinski definition) is 3. The van der Waals surface area contributed by atoms with Crippen LogP contribution in [-0.4, -0.2) is 15.7 Å². The largest absolute Gasteiger partial charge is 0.488 e. The third-order valence-electron chi connectivity index (χ3n) is 4.57. The van der Waals surface area contributed by atoms with E-state index in [2.05, 4.69) is 5.10 Å². The molecule has 1 aromatic heterocycles. The highest BCUT2D eigenvalue weighted by molar-refractivity contribution is 6.30. The molecule has 29 heavy (non-hydrogen) atoms. The molecule has 0 saturated carbocycles. The lowest BCUT2D eigenvalue weighted by molar-refractivity contribution is 0.0945. The number of para-hydroxylation sites is 1. The second kappa shape index (κ2) is 8.33. The molecule has 0 aliphatic rings. The number of ether oxygens (including phenoxy) is 1. The molecule has 0 fully saturated rings. The number of aromatic nitrogens is 2. The number of carbonyl (C=O) groups is 1. The second-order valence-corrected chi connectivity index (χ2v) is 7.16. The minimum Gasteiger partial charge on any atom is -0.488 e. The van der Waals surface area contributed by atoms with E-state index < -0.39 is 0 Å². The fourth-order valence-corrected chi connectivity index (χ4v) is 3.08. The van der Waals surface area contributed by atoms with Gasteiger partial charge in [0.25, 0.3) is 5.91 Å². The lowest BCUT2D eigenvalue weighted by Gasteiger charge is -2.10. The van der Waals surface area contributed by atoms with Gasteiger partial charge in [-0.05, 0) is 55.0 Å². The fourth-order valence-electron chi connectivity index (χ4n) is 2.95. The van der Waals surface area contributed by atoms with E-state index in [1.807, 2.05) is 85.8 Å². The second-order valence-electron chi connectivity index (χ2n) is 6.73. The Bertz CT molecular complexity index is 1130. The number of carbonyl (C=O) groups excluding carboxylic acids is 1. The van der Waals surface area contributed by atoms with Gasteiger partial charge in [0.2, 0.25) is 0 Å². The Morgan fingerprint density at radius 1 is 0.966 bits per heavy atom. The molecule has 0 spiro atoms. The summed E-state index contributed by atoms with van der Waals surface area (Å²) >= 11 is 5.93. The third-order valence-corrected chi connectivity index (χ3v) is 4.82. The van der Waals surface area contributed by atoms with E-state index in [9.17, 15) is 4.79 Å². The first-order valence-corrected chi connectivity index (χ1v) is 9.61.